The van der Waals surface area contributed by atoms with Crippen LogP contribution < -0.4 is 10.3 Å². The normalized spacial score (nSPS) is 22.2. The lowest BCUT2D eigenvalue weighted by atomic mass is 9.77. The maximum atomic E-state index is 15.1. The van der Waals surface area contributed by atoms with Gasteiger partial charge in [-0.25, -0.2) is 13.8 Å². The zero-order valence-corrected chi connectivity index (χ0v) is 20.1. The van der Waals surface area contributed by atoms with Crippen LogP contribution in [0.5, 0.6) is 0 Å². The second-order valence-corrected chi connectivity index (χ2v) is 9.45. The van der Waals surface area contributed by atoms with Gasteiger partial charge in [0.2, 0.25) is 5.91 Å². The molecule has 6 nitrogen and oxygen atoms in total. The first-order valence-corrected chi connectivity index (χ1v) is 11.5. The molecule has 3 heterocycles. The van der Waals surface area contributed by atoms with Crippen LogP contribution in [-0.4, -0.2) is 36.4 Å². The number of hydrazone groups is 1. The average Bonchev–Trinajstić information content (AvgIpc) is 3.32. The fourth-order valence-corrected chi connectivity index (χ4v) is 4.81. The molecule has 0 saturated carbocycles. The van der Waals surface area contributed by atoms with Gasteiger partial charge in [-0.05, 0) is 63.6 Å². The molecule has 2 aromatic carbocycles. The fraction of sp³-hybridized carbons (Fsp3) is 0.333. The molecule has 1 aromatic heterocycles. The minimum atomic E-state index is -1.31. The Morgan fingerprint density at radius 2 is 1.86 bits per heavy atom. The summed E-state index contributed by atoms with van der Waals surface area (Å²) in [5.41, 5.74) is 1.79. The van der Waals surface area contributed by atoms with Crippen molar-refractivity contribution in [2.45, 2.75) is 45.2 Å². The Bertz CT molecular complexity index is 1330. The van der Waals surface area contributed by atoms with Crippen LogP contribution in [0.3, 0.4) is 0 Å². The van der Waals surface area contributed by atoms with Crippen molar-refractivity contribution in [3.8, 4) is 0 Å². The van der Waals surface area contributed by atoms with Crippen molar-refractivity contribution in [2.24, 2.45) is 5.10 Å². The van der Waals surface area contributed by atoms with Gasteiger partial charge in [0.15, 0.2) is 5.54 Å². The Morgan fingerprint density at radius 1 is 1.09 bits per heavy atom. The number of anilines is 1. The Hall–Kier alpha value is -3.52. The van der Waals surface area contributed by atoms with Crippen LogP contribution in [-0.2, 0) is 9.53 Å². The first-order chi connectivity index (χ1) is 16.7. The molecule has 1 fully saturated rings. The van der Waals surface area contributed by atoms with Crippen molar-refractivity contribution < 1.29 is 22.7 Å². The van der Waals surface area contributed by atoms with Gasteiger partial charge in [-0.1, -0.05) is 17.7 Å². The van der Waals surface area contributed by atoms with Crippen LogP contribution in [0.15, 0.2) is 58.0 Å². The van der Waals surface area contributed by atoms with Crippen LogP contribution in [0.4, 0.5) is 14.5 Å². The summed E-state index contributed by atoms with van der Waals surface area (Å²) in [4.78, 5) is 14.0. The smallest absolute Gasteiger partial charge is 0.249 e. The molecule has 0 bridgehead atoms. The lowest BCUT2D eigenvalue weighted by molar-refractivity contribution is -0.130. The molecule has 0 spiro atoms. The highest BCUT2D eigenvalue weighted by Gasteiger charge is 2.57. The van der Waals surface area contributed by atoms with Gasteiger partial charge in [0.1, 0.15) is 23.2 Å². The molecule has 8 heteroatoms. The van der Waals surface area contributed by atoms with E-state index >= 15 is 4.39 Å². The third kappa shape index (κ3) is 3.91. The average molecular weight is 480 g/mol. The highest BCUT2D eigenvalue weighted by Crippen LogP contribution is 2.46. The number of hydrogen-bond acceptors (Lipinski definition) is 5. The predicted molar refractivity (Wildman–Crippen MR) is 129 cm³/mol. The van der Waals surface area contributed by atoms with Gasteiger partial charge in [0, 0.05) is 11.6 Å². The zero-order chi connectivity index (χ0) is 24.9. The zero-order valence-electron chi connectivity index (χ0n) is 20.1. The number of nitrogens with zero attached hydrogens (tertiary/aromatic N) is 2. The number of halogens is 2. The highest BCUT2D eigenvalue weighted by atomic mass is 19.1. The van der Waals surface area contributed by atoms with Gasteiger partial charge in [0.05, 0.1) is 36.6 Å². The second-order valence-electron chi connectivity index (χ2n) is 9.45. The number of benzene rings is 2. The number of nitrogens with one attached hydrogen (secondary N) is 1. The lowest BCUT2D eigenvalue weighted by Gasteiger charge is -2.39. The first kappa shape index (κ1) is 23.2. The van der Waals surface area contributed by atoms with E-state index in [1.165, 1.54) is 12.1 Å². The van der Waals surface area contributed by atoms with Gasteiger partial charge >= 0.3 is 0 Å². The maximum absolute atomic E-state index is 15.1. The number of rotatable bonds is 5. The lowest BCUT2D eigenvalue weighted by Crippen LogP contribution is -2.61. The molecule has 2 aliphatic heterocycles. The number of carbonyl (C=O) groups excluding carboxylic acids is 1. The molecule has 35 heavy (non-hydrogen) atoms. The van der Waals surface area contributed by atoms with Crippen LogP contribution in [0.25, 0.3) is 0 Å². The SMILES string of the molecule is Cc1ccc(N2N=C(c3ccc(F)cc3F)C(c3ccc(C)o3)C2(C)C(=O)NC2COC2)c(C)c1. The van der Waals surface area contributed by atoms with E-state index in [0.717, 1.165) is 17.2 Å². The Balaban J connectivity index is 1.73. The van der Waals surface area contributed by atoms with Crippen molar-refractivity contribution in [2.75, 3.05) is 18.2 Å². The fourth-order valence-electron chi connectivity index (χ4n) is 4.81. The van der Waals surface area contributed by atoms with E-state index in [2.05, 4.69) is 5.32 Å². The summed E-state index contributed by atoms with van der Waals surface area (Å²) >= 11 is 0. The second kappa shape index (κ2) is 8.61. The van der Waals surface area contributed by atoms with Crippen LogP contribution in [0, 0.1) is 32.4 Å². The van der Waals surface area contributed by atoms with Crippen LogP contribution >= 0.6 is 0 Å². The number of aryl methyl sites for hydroxylation is 3. The highest BCUT2D eigenvalue weighted by molar-refractivity contribution is 6.13. The van der Waals surface area contributed by atoms with E-state index in [4.69, 9.17) is 14.3 Å². The van der Waals surface area contributed by atoms with Gasteiger partial charge < -0.3 is 14.5 Å². The van der Waals surface area contributed by atoms with Crippen molar-refractivity contribution in [1.82, 2.24) is 5.32 Å². The molecule has 1 saturated heterocycles. The molecule has 2 aliphatic rings. The van der Waals surface area contributed by atoms with Gasteiger partial charge in [-0.15, -0.1) is 0 Å². The van der Waals surface area contributed by atoms with Crippen LogP contribution in [0.1, 0.15) is 41.1 Å². The minimum Gasteiger partial charge on any atom is -0.466 e. The Labute approximate surface area is 202 Å². The van der Waals surface area contributed by atoms with Crippen molar-refractivity contribution in [1.29, 1.82) is 0 Å². The van der Waals surface area contributed by atoms with Crippen molar-refractivity contribution in [3.05, 3.63) is 88.4 Å². The van der Waals surface area contributed by atoms with E-state index in [1.54, 1.807) is 31.0 Å². The molecule has 2 unspecified atom stereocenters. The number of amides is 1. The monoisotopic (exact) mass is 479 g/mol. The van der Waals surface area contributed by atoms with E-state index in [9.17, 15) is 9.18 Å². The largest absolute Gasteiger partial charge is 0.466 e. The van der Waals surface area contributed by atoms with Crippen molar-refractivity contribution >= 4 is 17.3 Å². The van der Waals surface area contributed by atoms with Gasteiger partial charge in [-0.3, -0.25) is 4.79 Å². The third-order valence-electron chi connectivity index (χ3n) is 6.75. The van der Waals surface area contributed by atoms with Gasteiger partial charge in [-0.2, -0.15) is 5.10 Å². The maximum Gasteiger partial charge on any atom is 0.249 e. The molecule has 0 aliphatic carbocycles. The number of carbonyl (C=O) groups is 1. The molecule has 1 N–H and O–H groups in total. The molecule has 0 radical (unpaired) electrons. The number of furan rings is 1. The van der Waals surface area contributed by atoms with Crippen LogP contribution in [0.2, 0.25) is 0 Å². The third-order valence-corrected chi connectivity index (χ3v) is 6.75. The van der Waals surface area contributed by atoms with E-state index in [1.807, 2.05) is 32.0 Å². The summed E-state index contributed by atoms with van der Waals surface area (Å²) in [6, 6.07) is 12.7. The molecule has 182 valence electrons. The molecule has 5 rings (SSSR count). The summed E-state index contributed by atoms with van der Waals surface area (Å²) in [5, 5.41) is 9.54. The standard InChI is InChI=1S/C27H27F2N3O3/c1-15-5-9-22(16(2)11-15)32-27(4,26(33)30-19-13-34-14-19)24(23-10-6-17(3)35-23)25(31-32)20-8-7-18(28)12-21(20)29/h5-12,19,24H,13-14H2,1-4H3,(H,30,33). The topological polar surface area (TPSA) is 67.1 Å². The summed E-state index contributed by atoms with van der Waals surface area (Å²) in [5.74, 6) is -1.37. The number of hydrogen-bond donors (Lipinski definition) is 1. The summed E-state index contributed by atoms with van der Waals surface area (Å²) < 4.78 is 40.1. The molecule has 2 atom stereocenters. The van der Waals surface area contributed by atoms with E-state index < -0.39 is 23.1 Å². The summed E-state index contributed by atoms with van der Waals surface area (Å²) in [7, 11) is 0. The Morgan fingerprint density at radius 3 is 2.46 bits per heavy atom. The predicted octanol–water partition coefficient (Wildman–Crippen LogP) is 4.76. The number of ether oxygens (including phenoxy) is 1. The summed E-state index contributed by atoms with van der Waals surface area (Å²) in [6.45, 7) is 8.37. The quantitative estimate of drug-likeness (QED) is 0.573. The molecule has 1 amide bonds. The molecular weight excluding hydrogens is 452 g/mol. The van der Waals surface area contributed by atoms with Gasteiger partial charge in [0.25, 0.3) is 0 Å². The van der Waals surface area contributed by atoms with Crippen molar-refractivity contribution in [3.63, 3.8) is 0 Å². The molecule has 3 aromatic rings. The van der Waals surface area contributed by atoms with E-state index in [-0.39, 0.29) is 17.5 Å². The summed E-state index contributed by atoms with van der Waals surface area (Å²) in [6.07, 6.45) is 0. The molecular formula is C27H27F2N3O3. The Kier molecular flexibility index (Phi) is 5.71. The first-order valence-electron chi connectivity index (χ1n) is 11.5. The van der Waals surface area contributed by atoms with E-state index in [0.29, 0.717) is 36.1 Å². The minimum absolute atomic E-state index is 0.115.